The molecule has 4 heteroatoms. The van der Waals surface area contributed by atoms with Gasteiger partial charge in [0.25, 0.3) is 5.91 Å². The van der Waals surface area contributed by atoms with Gasteiger partial charge in [0.05, 0.1) is 0 Å². The smallest absolute Gasteiger partial charge is 0.256 e. The fraction of sp³-hybridized carbons (Fsp3) is 0.562. The van der Waals surface area contributed by atoms with E-state index in [1.54, 1.807) is 0 Å². The average Bonchev–Trinajstić information content (AvgIpc) is 2.88. The first-order chi connectivity index (χ1) is 9.57. The third-order valence-corrected chi connectivity index (χ3v) is 3.88. The molecule has 0 aliphatic carbocycles. The van der Waals surface area contributed by atoms with Gasteiger partial charge in [0.2, 0.25) is 0 Å². The summed E-state index contributed by atoms with van der Waals surface area (Å²) in [5.74, 6) is -0.0499. The van der Waals surface area contributed by atoms with Crippen LogP contribution in [-0.2, 0) is 9.53 Å². The van der Waals surface area contributed by atoms with Crippen molar-refractivity contribution in [1.29, 1.82) is 0 Å². The standard InChI is InChI=1S/C16H24N2O2/c1-4-17-12(2)13-8-5-6-9-14(13)18-15(19)16(3)10-7-11-20-16/h5-6,8-9,12,17H,4,7,10-11H2,1-3H3,(H,18,19). The Hall–Kier alpha value is -1.39. The molecule has 1 amide bonds. The number of benzene rings is 1. The van der Waals surface area contributed by atoms with Crippen molar-refractivity contribution in [3.63, 3.8) is 0 Å². The fourth-order valence-corrected chi connectivity index (χ4v) is 2.62. The molecule has 2 N–H and O–H groups in total. The van der Waals surface area contributed by atoms with Crippen LogP contribution >= 0.6 is 0 Å². The Bertz CT molecular complexity index is 467. The third kappa shape index (κ3) is 3.19. The molecule has 1 aliphatic heterocycles. The van der Waals surface area contributed by atoms with Crippen LogP contribution in [0.5, 0.6) is 0 Å². The Morgan fingerprint density at radius 3 is 2.85 bits per heavy atom. The van der Waals surface area contributed by atoms with Crippen LogP contribution in [0.3, 0.4) is 0 Å². The number of nitrogens with one attached hydrogen (secondary N) is 2. The summed E-state index contributed by atoms with van der Waals surface area (Å²) in [6, 6.07) is 8.12. The number of para-hydroxylation sites is 1. The summed E-state index contributed by atoms with van der Waals surface area (Å²) in [5.41, 5.74) is 1.28. The zero-order chi connectivity index (χ0) is 14.6. The van der Waals surface area contributed by atoms with Gasteiger partial charge in [-0.05, 0) is 44.9 Å². The first-order valence-corrected chi connectivity index (χ1v) is 7.34. The van der Waals surface area contributed by atoms with Crippen molar-refractivity contribution in [1.82, 2.24) is 5.32 Å². The Balaban J connectivity index is 2.15. The van der Waals surface area contributed by atoms with E-state index >= 15 is 0 Å². The largest absolute Gasteiger partial charge is 0.365 e. The van der Waals surface area contributed by atoms with E-state index in [9.17, 15) is 4.79 Å². The van der Waals surface area contributed by atoms with Gasteiger partial charge in [-0.3, -0.25) is 4.79 Å². The molecule has 0 bridgehead atoms. The summed E-state index contributed by atoms with van der Waals surface area (Å²) < 4.78 is 5.59. The molecule has 0 radical (unpaired) electrons. The van der Waals surface area contributed by atoms with Crippen LogP contribution in [0.25, 0.3) is 0 Å². The molecule has 1 saturated heterocycles. The maximum atomic E-state index is 12.4. The Kier molecular flexibility index (Phi) is 4.78. The third-order valence-electron chi connectivity index (χ3n) is 3.88. The average molecular weight is 276 g/mol. The van der Waals surface area contributed by atoms with Crippen molar-refractivity contribution in [2.24, 2.45) is 0 Å². The summed E-state index contributed by atoms with van der Waals surface area (Å²) in [4.78, 5) is 12.4. The molecular weight excluding hydrogens is 252 g/mol. The SMILES string of the molecule is CCNC(C)c1ccccc1NC(=O)C1(C)CCCO1. The van der Waals surface area contributed by atoms with E-state index in [1.165, 1.54) is 0 Å². The molecule has 0 aromatic heterocycles. The molecular formula is C16H24N2O2. The molecule has 1 heterocycles. The van der Waals surface area contributed by atoms with Gasteiger partial charge in [-0.15, -0.1) is 0 Å². The van der Waals surface area contributed by atoms with Crippen LogP contribution in [0.2, 0.25) is 0 Å². The monoisotopic (exact) mass is 276 g/mol. The second kappa shape index (κ2) is 6.37. The lowest BCUT2D eigenvalue weighted by Gasteiger charge is -2.24. The molecule has 1 aliphatic rings. The lowest BCUT2D eigenvalue weighted by molar-refractivity contribution is -0.133. The molecule has 2 rings (SSSR count). The van der Waals surface area contributed by atoms with Gasteiger partial charge >= 0.3 is 0 Å². The molecule has 2 atom stereocenters. The highest BCUT2D eigenvalue weighted by Crippen LogP contribution is 2.28. The first kappa shape index (κ1) is 15.0. The van der Waals surface area contributed by atoms with E-state index in [4.69, 9.17) is 4.74 Å². The summed E-state index contributed by atoms with van der Waals surface area (Å²) in [5, 5.41) is 6.40. The maximum Gasteiger partial charge on any atom is 0.256 e. The zero-order valence-corrected chi connectivity index (χ0v) is 12.5. The van der Waals surface area contributed by atoms with Gasteiger partial charge in [-0.1, -0.05) is 25.1 Å². The quantitative estimate of drug-likeness (QED) is 0.869. The van der Waals surface area contributed by atoms with E-state index in [0.29, 0.717) is 6.61 Å². The second-order valence-electron chi connectivity index (χ2n) is 5.50. The molecule has 1 aromatic rings. The number of carbonyl (C=O) groups excluding carboxylic acids is 1. The minimum Gasteiger partial charge on any atom is -0.365 e. The molecule has 20 heavy (non-hydrogen) atoms. The normalized spacial score (nSPS) is 23.6. The van der Waals surface area contributed by atoms with Crippen LogP contribution in [0, 0.1) is 0 Å². The minimum atomic E-state index is -0.686. The van der Waals surface area contributed by atoms with Crippen molar-refractivity contribution in [3.05, 3.63) is 29.8 Å². The number of hydrogen-bond donors (Lipinski definition) is 2. The maximum absolute atomic E-state index is 12.4. The summed E-state index contributed by atoms with van der Waals surface area (Å²) >= 11 is 0. The van der Waals surface area contributed by atoms with Gasteiger partial charge in [0.15, 0.2) is 0 Å². The van der Waals surface area contributed by atoms with Crippen LogP contribution in [0.4, 0.5) is 5.69 Å². The summed E-state index contributed by atoms with van der Waals surface area (Å²) in [7, 11) is 0. The first-order valence-electron chi connectivity index (χ1n) is 7.34. The molecule has 0 saturated carbocycles. The van der Waals surface area contributed by atoms with E-state index < -0.39 is 5.60 Å². The van der Waals surface area contributed by atoms with Crippen LogP contribution in [0.15, 0.2) is 24.3 Å². The van der Waals surface area contributed by atoms with Crippen molar-refractivity contribution in [2.75, 3.05) is 18.5 Å². The Morgan fingerprint density at radius 1 is 1.45 bits per heavy atom. The van der Waals surface area contributed by atoms with Crippen molar-refractivity contribution < 1.29 is 9.53 Å². The highest BCUT2D eigenvalue weighted by Gasteiger charge is 2.37. The zero-order valence-electron chi connectivity index (χ0n) is 12.5. The highest BCUT2D eigenvalue weighted by molar-refractivity contribution is 5.97. The summed E-state index contributed by atoms with van der Waals surface area (Å²) in [6.07, 6.45) is 1.73. The van der Waals surface area contributed by atoms with Gasteiger partial charge in [0, 0.05) is 18.3 Å². The van der Waals surface area contributed by atoms with Crippen molar-refractivity contribution >= 4 is 11.6 Å². The number of ether oxygens (including phenoxy) is 1. The fourth-order valence-electron chi connectivity index (χ4n) is 2.62. The number of hydrogen-bond acceptors (Lipinski definition) is 3. The van der Waals surface area contributed by atoms with Crippen LogP contribution < -0.4 is 10.6 Å². The van der Waals surface area contributed by atoms with Crippen molar-refractivity contribution in [3.8, 4) is 0 Å². The molecule has 4 nitrogen and oxygen atoms in total. The second-order valence-corrected chi connectivity index (χ2v) is 5.50. The number of carbonyl (C=O) groups is 1. The molecule has 1 aromatic carbocycles. The van der Waals surface area contributed by atoms with E-state index in [-0.39, 0.29) is 11.9 Å². The lowest BCUT2D eigenvalue weighted by Crippen LogP contribution is -2.39. The highest BCUT2D eigenvalue weighted by atomic mass is 16.5. The van der Waals surface area contributed by atoms with E-state index in [0.717, 1.165) is 30.6 Å². The topological polar surface area (TPSA) is 50.4 Å². The number of rotatable bonds is 5. The Morgan fingerprint density at radius 2 is 2.20 bits per heavy atom. The van der Waals surface area contributed by atoms with Crippen LogP contribution in [0.1, 0.15) is 45.2 Å². The Labute approximate surface area is 120 Å². The predicted molar refractivity (Wildman–Crippen MR) is 80.8 cm³/mol. The molecule has 1 fully saturated rings. The van der Waals surface area contributed by atoms with E-state index in [1.807, 2.05) is 31.2 Å². The molecule has 2 unspecified atom stereocenters. The van der Waals surface area contributed by atoms with Gasteiger partial charge in [0.1, 0.15) is 5.60 Å². The van der Waals surface area contributed by atoms with Gasteiger partial charge in [-0.2, -0.15) is 0 Å². The summed E-state index contributed by atoms with van der Waals surface area (Å²) in [6.45, 7) is 7.60. The lowest BCUT2D eigenvalue weighted by atomic mass is 10.0. The predicted octanol–water partition coefficient (Wildman–Crippen LogP) is 2.86. The molecule has 0 spiro atoms. The number of amides is 1. The van der Waals surface area contributed by atoms with Crippen LogP contribution in [-0.4, -0.2) is 24.7 Å². The molecule has 110 valence electrons. The van der Waals surface area contributed by atoms with Gasteiger partial charge < -0.3 is 15.4 Å². The van der Waals surface area contributed by atoms with E-state index in [2.05, 4.69) is 24.5 Å². The number of anilines is 1. The van der Waals surface area contributed by atoms with Gasteiger partial charge in [-0.25, -0.2) is 0 Å². The minimum absolute atomic E-state index is 0.0499. The van der Waals surface area contributed by atoms with Crippen molar-refractivity contribution in [2.45, 2.75) is 45.3 Å².